The molecule has 0 saturated carbocycles. The van der Waals surface area contributed by atoms with Crippen molar-refractivity contribution in [3.05, 3.63) is 0 Å². The molecular formula is C17H36N2. The first-order valence-corrected chi connectivity index (χ1v) is 8.61. The van der Waals surface area contributed by atoms with Crippen molar-refractivity contribution in [2.45, 2.75) is 84.7 Å². The van der Waals surface area contributed by atoms with E-state index in [4.69, 9.17) is 0 Å². The third kappa shape index (κ3) is 4.46. The van der Waals surface area contributed by atoms with Crippen LogP contribution in [-0.2, 0) is 0 Å². The zero-order chi connectivity index (χ0) is 14.3. The molecule has 0 aliphatic carbocycles. The van der Waals surface area contributed by atoms with E-state index in [-0.39, 0.29) is 0 Å². The van der Waals surface area contributed by atoms with Crippen molar-refractivity contribution >= 4 is 0 Å². The Labute approximate surface area is 121 Å². The van der Waals surface area contributed by atoms with Gasteiger partial charge in [-0.25, -0.2) is 0 Å². The van der Waals surface area contributed by atoms with Gasteiger partial charge in [0.05, 0.1) is 0 Å². The first-order valence-electron chi connectivity index (χ1n) is 8.61. The summed E-state index contributed by atoms with van der Waals surface area (Å²) in [5.41, 5.74) is 0.371. The zero-order valence-electron chi connectivity index (χ0n) is 14.0. The van der Waals surface area contributed by atoms with Gasteiger partial charge in [-0.1, -0.05) is 53.9 Å². The maximum absolute atomic E-state index is 3.88. The number of piperazine rings is 1. The molecule has 0 aromatic carbocycles. The minimum Gasteiger partial charge on any atom is -0.308 e. The van der Waals surface area contributed by atoms with E-state index in [2.05, 4.69) is 44.8 Å². The van der Waals surface area contributed by atoms with Crippen molar-refractivity contribution in [3.8, 4) is 0 Å². The first kappa shape index (κ1) is 17.0. The molecule has 0 spiro atoms. The minimum atomic E-state index is 0.371. The molecule has 2 nitrogen and oxygen atoms in total. The second-order valence-electron chi connectivity index (χ2n) is 6.50. The molecule has 2 heteroatoms. The van der Waals surface area contributed by atoms with Gasteiger partial charge in [0.2, 0.25) is 0 Å². The number of unbranched alkanes of at least 4 members (excludes halogenated alkanes) is 2. The second-order valence-corrected chi connectivity index (χ2v) is 6.50. The molecule has 1 fully saturated rings. The third-order valence-electron chi connectivity index (χ3n) is 5.36. The smallest absolute Gasteiger partial charge is 0.0304 e. The molecule has 2 atom stereocenters. The van der Waals surface area contributed by atoms with Gasteiger partial charge in [0, 0.05) is 24.7 Å². The summed E-state index contributed by atoms with van der Waals surface area (Å²) in [7, 11) is 0. The highest BCUT2D eigenvalue weighted by Gasteiger charge is 2.37. The van der Waals surface area contributed by atoms with Gasteiger partial charge in [0.25, 0.3) is 0 Å². The molecule has 1 aliphatic heterocycles. The number of nitrogens with one attached hydrogen (secondary N) is 1. The molecule has 1 saturated heterocycles. The quantitative estimate of drug-likeness (QED) is 0.668. The maximum Gasteiger partial charge on any atom is 0.0304 e. The SMILES string of the molecule is CCCCCN1CC(CC)(CC)NCC1C(C)CC. The molecule has 0 amide bonds. The van der Waals surface area contributed by atoms with Gasteiger partial charge in [-0.2, -0.15) is 0 Å². The Morgan fingerprint density at radius 3 is 2.37 bits per heavy atom. The van der Waals surface area contributed by atoms with Crippen molar-refractivity contribution in [1.82, 2.24) is 10.2 Å². The molecule has 2 unspecified atom stereocenters. The van der Waals surface area contributed by atoms with Gasteiger partial charge in [0.1, 0.15) is 0 Å². The lowest BCUT2D eigenvalue weighted by Gasteiger charge is -2.49. The number of hydrogen-bond acceptors (Lipinski definition) is 2. The van der Waals surface area contributed by atoms with E-state index >= 15 is 0 Å². The highest BCUT2D eigenvalue weighted by Crippen LogP contribution is 2.27. The lowest BCUT2D eigenvalue weighted by atomic mass is 9.85. The summed E-state index contributed by atoms with van der Waals surface area (Å²) in [5.74, 6) is 0.806. The average molecular weight is 268 g/mol. The van der Waals surface area contributed by atoms with E-state index in [1.54, 1.807) is 0 Å². The predicted molar refractivity (Wildman–Crippen MR) is 85.7 cm³/mol. The van der Waals surface area contributed by atoms with Crippen LogP contribution in [0.2, 0.25) is 0 Å². The molecule has 114 valence electrons. The van der Waals surface area contributed by atoms with Crippen LogP contribution in [0.5, 0.6) is 0 Å². The summed E-state index contributed by atoms with van der Waals surface area (Å²) in [6, 6.07) is 0.744. The van der Waals surface area contributed by atoms with Crippen molar-refractivity contribution in [1.29, 1.82) is 0 Å². The molecule has 0 aromatic rings. The van der Waals surface area contributed by atoms with Crippen LogP contribution < -0.4 is 5.32 Å². The van der Waals surface area contributed by atoms with Crippen molar-refractivity contribution in [2.75, 3.05) is 19.6 Å². The van der Waals surface area contributed by atoms with Crippen LogP contribution in [0, 0.1) is 5.92 Å². The Hall–Kier alpha value is -0.0800. The van der Waals surface area contributed by atoms with Crippen LogP contribution in [0.1, 0.15) is 73.1 Å². The summed E-state index contributed by atoms with van der Waals surface area (Å²) < 4.78 is 0. The molecule has 19 heavy (non-hydrogen) atoms. The standard InChI is InChI=1S/C17H36N2/c1-6-10-11-12-19-14-17(8-3,9-4)18-13-16(19)15(5)7-2/h15-16,18H,6-14H2,1-5H3. The largest absolute Gasteiger partial charge is 0.308 e. The Kier molecular flexibility index (Phi) is 7.38. The van der Waals surface area contributed by atoms with E-state index in [1.807, 2.05) is 0 Å². The van der Waals surface area contributed by atoms with E-state index in [0.717, 1.165) is 12.0 Å². The lowest BCUT2D eigenvalue weighted by Crippen LogP contribution is -2.65. The van der Waals surface area contributed by atoms with Crippen molar-refractivity contribution in [2.24, 2.45) is 5.92 Å². The van der Waals surface area contributed by atoms with Gasteiger partial charge >= 0.3 is 0 Å². The summed E-state index contributed by atoms with van der Waals surface area (Å²) >= 11 is 0. The molecule has 1 rings (SSSR count). The zero-order valence-corrected chi connectivity index (χ0v) is 14.0. The van der Waals surface area contributed by atoms with Gasteiger partial charge < -0.3 is 5.32 Å². The fourth-order valence-electron chi connectivity index (χ4n) is 3.38. The second kappa shape index (κ2) is 8.26. The molecular weight excluding hydrogens is 232 g/mol. The van der Waals surface area contributed by atoms with Gasteiger partial charge in [-0.05, 0) is 31.7 Å². The van der Waals surface area contributed by atoms with Crippen LogP contribution >= 0.6 is 0 Å². The molecule has 1 aliphatic rings. The van der Waals surface area contributed by atoms with Crippen LogP contribution in [0.4, 0.5) is 0 Å². The van der Waals surface area contributed by atoms with Gasteiger partial charge in [-0.15, -0.1) is 0 Å². The molecule has 1 N–H and O–H groups in total. The Bertz CT molecular complexity index is 235. The maximum atomic E-state index is 3.88. The van der Waals surface area contributed by atoms with Crippen LogP contribution in [-0.4, -0.2) is 36.1 Å². The van der Waals surface area contributed by atoms with E-state index < -0.39 is 0 Å². The first-order chi connectivity index (χ1) is 9.12. The predicted octanol–water partition coefficient (Wildman–Crippen LogP) is 4.06. The fraction of sp³-hybridized carbons (Fsp3) is 1.00. The highest BCUT2D eigenvalue weighted by molar-refractivity contribution is 4.97. The number of hydrogen-bond donors (Lipinski definition) is 1. The van der Waals surface area contributed by atoms with E-state index in [9.17, 15) is 0 Å². The van der Waals surface area contributed by atoms with Crippen LogP contribution in [0.15, 0.2) is 0 Å². The Balaban J connectivity index is 2.67. The normalized spacial score (nSPS) is 25.4. The minimum absolute atomic E-state index is 0.371. The van der Waals surface area contributed by atoms with Crippen molar-refractivity contribution in [3.63, 3.8) is 0 Å². The molecule has 0 radical (unpaired) electrons. The Morgan fingerprint density at radius 2 is 1.84 bits per heavy atom. The van der Waals surface area contributed by atoms with Crippen molar-refractivity contribution < 1.29 is 0 Å². The summed E-state index contributed by atoms with van der Waals surface area (Å²) in [5, 5.41) is 3.88. The highest BCUT2D eigenvalue weighted by atomic mass is 15.3. The van der Waals surface area contributed by atoms with Crippen LogP contribution in [0.3, 0.4) is 0 Å². The number of nitrogens with zero attached hydrogens (tertiary/aromatic N) is 1. The average Bonchev–Trinajstić information content (AvgIpc) is 2.46. The van der Waals surface area contributed by atoms with Gasteiger partial charge in [-0.3, -0.25) is 4.90 Å². The van der Waals surface area contributed by atoms with Gasteiger partial charge in [0.15, 0.2) is 0 Å². The third-order valence-corrected chi connectivity index (χ3v) is 5.36. The molecule has 1 heterocycles. The number of rotatable bonds is 8. The fourth-order valence-corrected chi connectivity index (χ4v) is 3.38. The lowest BCUT2D eigenvalue weighted by molar-refractivity contribution is 0.0444. The molecule has 0 aromatic heterocycles. The summed E-state index contributed by atoms with van der Waals surface area (Å²) in [4.78, 5) is 2.80. The summed E-state index contributed by atoms with van der Waals surface area (Å²) in [6.07, 6.45) is 7.87. The van der Waals surface area contributed by atoms with E-state index in [0.29, 0.717) is 5.54 Å². The monoisotopic (exact) mass is 268 g/mol. The van der Waals surface area contributed by atoms with E-state index in [1.165, 1.54) is 58.2 Å². The Morgan fingerprint density at radius 1 is 1.16 bits per heavy atom. The summed E-state index contributed by atoms with van der Waals surface area (Å²) in [6.45, 7) is 15.5. The van der Waals surface area contributed by atoms with Crippen LogP contribution in [0.25, 0.3) is 0 Å². The molecule has 0 bridgehead atoms. The topological polar surface area (TPSA) is 15.3 Å².